The van der Waals surface area contributed by atoms with Crippen LogP contribution < -0.4 is 0 Å². The predicted octanol–water partition coefficient (Wildman–Crippen LogP) is 4.09. The molecule has 1 aromatic carbocycles. The third-order valence-electron chi connectivity index (χ3n) is 5.70. The van der Waals surface area contributed by atoms with Crippen LogP contribution in [0.15, 0.2) is 41.8 Å². The number of hydrogen-bond acceptors (Lipinski definition) is 7. The van der Waals surface area contributed by atoms with E-state index < -0.39 is 0 Å². The zero-order valence-corrected chi connectivity index (χ0v) is 17.9. The average Bonchev–Trinajstić information content (AvgIpc) is 3.48. The summed E-state index contributed by atoms with van der Waals surface area (Å²) >= 11 is 3.22. The highest BCUT2D eigenvalue weighted by molar-refractivity contribution is 7.99. The van der Waals surface area contributed by atoms with Gasteiger partial charge in [0.2, 0.25) is 0 Å². The van der Waals surface area contributed by atoms with E-state index in [0.29, 0.717) is 28.2 Å². The van der Waals surface area contributed by atoms with Crippen molar-refractivity contribution in [1.29, 1.82) is 0 Å². The van der Waals surface area contributed by atoms with Crippen LogP contribution in [0.5, 0.6) is 0 Å². The van der Waals surface area contributed by atoms with E-state index in [0.717, 1.165) is 28.7 Å². The molecule has 0 saturated carbocycles. The fourth-order valence-corrected chi connectivity index (χ4v) is 6.42. The minimum atomic E-state index is 0.0785. The summed E-state index contributed by atoms with van der Waals surface area (Å²) in [7, 11) is 0. The van der Waals surface area contributed by atoms with Crippen molar-refractivity contribution in [2.45, 2.75) is 31.3 Å². The predicted molar refractivity (Wildman–Crippen MR) is 118 cm³/mol. The molecule has 4 heterocycles. The lowest BCUT2D eigenvalue weighted by molar-refractivity contribution is 0.102. The minimum absolute atomic E-state index is 0.0785. The summed E-state index contributed by atoms with van der Waals surface area (Å²) in [6.07, 6.45) is 4.93. The highest BCUT2D eigenvalue weighted by atomic mass is 32.2. The molecule has 9 heteroatoms. The zero-order valence-electron chi connectivity index (χ0n) is 16.3. The van der Waals surface area contributed by atoms with Gasteiger partial charge in [-0.05, 0) is 30.7 Å². The normalized spacial score (nSPS) is 16.5. The summed E-state index contributed by atoms with van der Waals surface area (Å²) in [5, 5.41) is 15.1. The Morgan fingerprint density at radius 1 is 1.27 bits per heavy atom. The molecule has 1 aliphatic carbocycles. The Kier molecular flexibility index (Phi) is 4.14. The van der Waals surface area contributed by atoms with E-state index in [1.165, 1.54) is 28.6 Å². The van der Waals surface area contributed by atoms with E-state index in [4.69, 9.17) is 0 Å². The molecule has 1 aliphatic rings. The molecule has 0 aliphatic heterocycles. The van der Waals surface area contributed by atoms with Crippen LogP contribution in [0.4, 0.5) is 0 Å². The van der Waals surface area contributed by atoms with E-state index in [2.05, 4.69) is 27.2 Å². The van der Waals surface area contributed by atoms with Gasteiger partial charge >= 0.3 is 0 Å². The van der Waals surface area contributed by atoms with Gasteiger partial charge in [-0.3, -0.25) is 4.79 Å². The second-order valence-electron chi connectivity index (χ2n) is 7.72. The van der Waals surface area contributed by atoms with Crippen molar-refractivity contribution in [2.24, 2.45) is 5.92 Å². The number of fused-ring (bicyclic) bond motifs is 8. The van der Waals surface area contributed by atoms with Crippen molar-refractivity contribution in [3.8, 4) is 0 Å². The Balaban J connectivity index is 1.50. The molecule has 150 valence electrons. The number of Topliss-reactive ketones (excluding diaryl/α,β-unsaturated/α-hetero) is 1. The summed E-state index contributed by atoms with van der Waals surface area (Å²) in [4.78, 5) is 19.7. The first-order valence-corrected chi connectivity index (χ1v) is 11.7. The van der Waals surface area contributed by atoms with Crippen LogP contribution in [0.1, 0.15) is 34.1 Å². The maximum atomic E-state index is 12.6. The van der Waals surface area contributed by atoms with Crippen LogP contribution in [-0.2, 0) is 12.8 Å². The maximum absolute atomic E-state index is 12.6. The van der Waals surface area contributed by atoms with Crippen molar-refractivity contribution in [2.75, 3.05) is 5.75 Å². The van der Waals surface area contributed by atoms with Gasteiger partial charge in [-0.15, -0.1) is 21.5 Å². The van der Waals surface area contributed by atoms with Crippen LogP contribution in [0, 0.1) is 5.92 Å². The second-order valence-corrected chi connectivity index (χ2v) is 9.75. The summed E-state index contributed by atoms with van der Waals surface area (Å²) < 4.78 is 3.82. The first-order valence-electron chi connectivity index (χ1n) is 9.93. The summed E-state index contributed by atoms with van der Waals surface area (Å²) in [5.41, 5.74) is 2.94. The zero-order chi connectivity index (χ0) is 20.2. The molecule has 0 N–H and O–H groups in total. The molecule has 0 radical (unpaired) electrons. The van der Waals surface area contributed by atoms with Crippen molar-refractivity contribution < 1.29 is 4.79 Å². The molecule has 4 aromatic heterocycles. The fourth-order valence-electron chi connectivity index (χ4n) is 4.20. The van der Waals surface area contributed by atoms with Gasteiger partial charge in [-0.1, -0.05) is 49.0 Å². The van der Waals surface area contributed by atoms with Crippen LogP contribution >= 0.6 is 23.1 Å². The molecule has 0 fully saturated rings. The topological polar surface area (TPSA) is 77.4 Å². The van der Waals surface area contributed by atoms with Crippen molar-refractivity contribution >= 4 is 50.5 Å². The number of hydrogen-bond donors (Lipinski definition) is 0. The Hall–Kier alpha value is -2.78. The van der Waals surface area contributed by atoms with Gasteiger partial charge in [0.25, 0.3) is 5.78 Å². The number of thiophene rings is 1. The SMILES string of the molecule is CC1CCc2sc3c(c2C1)c1ncnn1c1nnc(SCC(=O)c2ccccc2)n31. The summed E-state index contributed by atoms with van der Waals surface area (Å²) in [6.45, 7) is 2.31. The Bertz CT molecular complexity index is 1420. The number of thioether (sulfide) groups is 1. The first-order chi connectivity index (χ1) is 14.7. The van der Waals surface area contributed by atoms with E-state index in [1.54, 1.807) is 22.2 Å². The number of aromatic nitrogens is 6. The van der Waals surface area contributed by atoms with Crippen LogP contribution in [0.25, 0.3) is 21.6 Å². The third-order valence-corrected chi connectivity index (χ3v) is 7.90. The van der Waals surface area contributed by atoms with Gasteiger partial charge < -0.3 is 0 Å². The molecule has 0 saturated heterocycles. The minimum Gasteiger partial charge on any atom is -0.293 e. The van der Waals surface area contributed by atoms with Gasteiger partial charge in [-0.2, -0.15) is 9.61 Å². The van der Waals surface area contributed by atoms with Crippen molar-refractivity contribution in [1.82, 2.24) is 29.2 Å². The van der Waals surface area contributed by atoms with Gasteiger partial charge in [0.15, 0.2) is 16.6 Å². The highest BCUT2D eigenvalue weighted by Gasteiger charge is 2.26. The molecule has 0 bridgehead atoms. The lowest BCUT2D eigenvalue weighted by atomic mass is 9.89. The molecular formula is C21H18N6OS2. The fraction of sp³-hybridized carbons (Fsp3) is 0.286. The average molecular weight is 435 g/mol. The number of nitrogens with zero attached hydrogens (tertiary/aromatic N) is 6. The Morgan fingerprint density at radius 3 is 3.00 bits per heavy atom. The largest absolute Gasteiger partial charge is 0.293 e. The van der Waals surface area contributed by atoms with E-state index in [9.17, 15) is 4.79 Å². The number of carbonyl (C=O) groups is 1. The van der Waals surface area contributed by atoms with Crippen LogP contribution in [-0.4, -0.2) is 40.7 Å². The maximum Gasteiger partial charge on any atom is 0.260 e. The second kappa shape index (κ2) is 6.88. The lowest BCUT2D eigenvalue weighted by Crippen LogP contribution is -2.09. The molecule has 7 nitrogen and oxygen atoms in total. The van der Waals surface area contributed by atoms with Gasteiger partial charge in [0, 0.05) is 10.4 Å². The molecule has 0 amide bonds. The molecule has 30 heavy (non-hydrogen) atoms. The summed E-state index contributed by atoms with van der Waals surface area (Å²) in [6, 6.07) is 9.36. The highest BCUT2D eigenvalue weighted by Crippen LogP contribution is 2.40. The molecule has 1 unspecified atom stereocenters. The first kappa shape index (κ1) is 18.0. The number of ketones is 1. The standard InChI is InChI=1S/C21H18N6OS2/c1-12-7-8-16-14(9-12)17-18-22-11-23-27(18)20-24-25-21(26(20)19(17)30-16)29-10-15(28)13-5-3-2-4-6-13/h2-6,11-12H,7-10H2,1H3. The smallest absolute Gasteiger partial charge is 0.260 e. The monoisotopic (exact) mass is 434 g/mol. The molecule has 0 spiro atoms. The van der Waals surface area contributed by atoms with Crippen LogP contribution in [0.2, 0.25) is 0 Å². The van der Waals surface area contributed by atoms with E-state index in [1.807, 2.05) is 34.7 Å². The van der Waals surface area contributed by atoms with E-state index in [-0.39, 0.29) is 5.78 Å². The quantitative estimate of drug-likeness (QED) is 0.313. The Labute approximate surface area is 180 Å². The van der Waals surface area contributed by atoms with Gasteiger partial charge in [-0.25, -0.2) is 9.38 Å². The number of rotatable bonds is 4. The Morgan fingerprint density at radius 2 is 2.13 bits per heavy atom. The van der Waals surface area contributed by atoms with Crippen molar-refractivity contribution in [3.05, 3.63) is 52.7 Å². The molecule has 5 aromatic rings. The summed E-state index contributed by atoms with van der Waals surface area (Å²) in [5.74, 6) is 1.68. The van der Waals surface area contributed by atoms with Crippen molar-refractivity contribution in [3.63, 3.8) is 0 Å². The number of carbonyl (C=O) groups excluding carboxylic acids is 1. The lowest BCUT2D eigenvalue weighted by Gasteiger charge is -2.17. The van der Waals surface area contributed by atoms with E-state index >= 15 is 0 Å². The van der Waals surface area contributed by atoms with Crippen LogP contribution in [0.3, 0.4) is 0 Å². The molecule has 6 rings (SSSR count). The molecule has 1 atom stereocenters. The third kappa shape index (κ3) is 2.69. The molecular weight excluding hydrogens is 416 g/mol. The number of aryl methyl sites for hydroxylation is 1. The van der Waals surface area contributed by atoms with Gasteiger partial charge in [0.1, 0.15) is 11.2 Å². The number of benzene rings is 1. The van der Waals surface area contributed by atoms with Gasteiger partial charge in [0.05, 0.1) is 11.1 Å².